The first-order valence-corrected chi connectivity index (χ1v) is 6.88. The summed E-state index contributed by atoms with van der Waals surface area (Å²) in [4.78, 5) is 24.2. The minimum atomic E-state index is -4.65. The maximum Gasteiger partial charge on any atom is 0.417 e. The first-order valence-electron chi connectivity index (χ1n) is 6.09. The Labute approximate surface area is 126 Å². The van der Waals surface area contributed by atoms with Gasteiger partial charge in [-0.25, -0.2) is 0 Å². The lowest BCUT2D eigenvalue weighted by atomic mass is 10.1. The second kappa shape index (κ2) is 5.67. The number of carboxylic acids is 1. The molecule has 8 heteroatoms. The third-order valence-corrected chi connectivity index (χ3v) is 3.84. The Hall–Kier alpha value is -1.57. The number of carbonyl (C=O) groups is 2. The molecule has 0 aliphatic carbocycles. The second-order valence-corrected chi connectivity index (χ2v) is 5.68. The van der Waals surface area contributed by atoms with Crippen molar-refractivity contribution in [1.29, 1.82) is 0 Å². The summed E-state index contributed by atoms with van der Waals surface area (Å²) in [5.74, 6) is -2.56. The molecule has 1 saturated heterocycles. The molecule has 2 rings (SSSR count). The number of halogens is 4. The summed E-state index contributed by atoms with van der Waals surface area (Å²) in [6, 6.07) is 3.30. The van der Waals surface area contributed by atoms with Crippen molar-refractivity contribution < 1.29 is 27.9 Å². The molecule has 1 unspecified atom stereocenters. The lowest BCUT2D eigenvalue weighted by Gasteiger charge is -2.19. The van der Waals surface area contributed by atoms with Gasteiger partial charge in [0.2, 0.25) is 0 Å². The lowest BCUT2D eigenvalue weighted by molar-refractivity contribution is -0.141. The van der Waals surface area contributed by atoms with E-state index < -0.39 is 35.1 Å². The Morgan fingerprint density at radius 2 is 2.00 bits per heavy atom. The lowest BCUT2D eigenvalue weighted by Crippen LogP contribution is -2.31. The molecule has 1 N–H and O–H groups in total. The highest BCUT2D eigenvalue weighted by Gasteiger charge is 2.38. The number of hydrogen-bond donors (Lipinski definition) is 1. The molecule has 0 saturated carbocycles. The number of carboxylic acid groups (broad SMARTS) is 1. The number of benzene rings is 1. The highest BCUT2D eigenvalue weighted by Crippen LogP contribution is 2.35. The van der Waals surface area contributed by atoms with Gasteiger partial charge in [0.25, 0.3) is 5.91 Å². The first kappa shape index (κ1) is 15.8. The zero-order valence-corrected chi connectivity index (χ0v) is 12.2. The van der Waals surface area contributed by atoms with Crippen molar-refractivity contribution in [3.05, 3.63) is 33.8 Å². The van der Waals surface area contributed by atoms with Crippen LogP contribution in [0.25, 0.3) is 0 Å². The standard InChI is InChI=1S/C13H11BrF3NO3/c14-8-1-2-9(10(5-8)13(15,16)17)11(19)18-4-3-7(6-18)12(20)21/h1-2,5,7H,3-4,6H2,(H,20,21). The van der Waals surface area contributed by atoms with Crippen molar-refractivity contribution in [2.24, 2.45) is 5.92 Å². The van der Waals surface area contributed by atoms with Crippen LogP contribution < -0.4 is 0 Å². The molecule has 1 aromatic rings. The summed E-state index contributed by atoms with van der Waals surface area (Å²) in [6.07, 6.45) is -4.40. The average molecular weight is 366 g/mol. The zero-order chi connectivity index (χ0) is 15.8. The van der Waals surface area contributed by atoms with Crippen molar-refractivity contribution in [3.8, 4) is 0 Å². The van der Waals surface area contributed by atoms with Crippen molar-refractivity contribution in [3.63, 3.8) is 0 Å². The molecule has 0 aromatic heterocycles. The predicted octanol–water partition coefficient (Wildman–Crippen LogP) is 3.01. The molecule has 1 aromatic carbocycles. The fourth-order valence-electron chi connectivity index (χ4n) is 2.25. The average Bonchev–Trinajstić information content (AvgIpc) is 2.86. The van der Waals surface area contributed by atoms with Crippen LogP contribution in [0.1, 0.15) is 22.3 Å². The largest absolute Gasteiger partial charge is 0.481 e. The highest BCUT2D eigenvalue weighted by atomic mass is 79.9. The van der Waals surface area contributed by atoms with Crippen LogP contribution in [-0.4, -0.2) is 35.0 Å². The molecule has 0 bridgehead atoms. The van der Waals surface area contributed by atoms with Gasteiger partial charge in [-0.1, -0.05) is 15.9 Å². The summed E-state index contributed by atoms with van der Waals surface area (Å²) < 4.78 is 39.2. The quantitative estimate of drug-likeness (QED) is 0.876. The Morgan fingerprint density at radius 1 is 1.33 bits per heavy atom. The SMILES string of the molecule is O=C(O)C1CCN(C(=O)c2ccc(Br)cc2C(F)(F)F)C1. The number of likely N-dealkylation sites (tertiary alicyclic amines) is 1. The monoisotopic (exact) mass is 365 g/mol. The van der Waals surface area contributed by atoms with E-state index in [2.05, 4.69) is 15.9 Å². The van der Waals surface area contributed by atoms with Gasteiger partial charge in [-0.2, -0.15) is 13.2 Å². The van der Waals surface area contributed by atoms with Crippen LogP contribution in [0.3, 0.4) is 0 Å². The smallest absolute Gasteiger partial charge is 0.417 e. The number of nitrogens with zero attached hydrogens (tertiary/aromatic N) is 1. The number of aliphatic carboxylic acids is 1. The van der Waals surface area contributed by atoms with E-state index in [1.54, 1.807) is 0 Å². The summed E-state index contributed by atoms with van der Waals surface area (Å²) in [5, 5.41) is 8.88. The summed E-state index contributed by atoms with van der Waals surface area (Å²) >= 11 is 2.95. The molecule has 1 heterocycles. The van der Waals surface area contributed by atoms with E-state index in [1.165, 1.54) is 6.07 Å². The van der Waals surface area contributed by atoms with Gasteiger partial charge < -0.3 is 10.0 Å². The fraction of sp³-hybridized carbons (Fsp3) is 0.385. The Balaban J connectivity index is 2.30. The van der Waals surface area contributed by atoms with Gasteiger partial charge in [0, 0.05) is 17.6 Å². The molecule has 1 aliphatic rings. The van der Waals surface area contributed by atoms with E-state index >= 15 is 0 Å². The normalized spacial score (nSPS) is 18.9. The molecule has 0 radical (unpaired) electrons. The Morgan fingerprint density at radius 3 is 2.52 bits per heavy atom. The molecule has 4 nitrogen and oxygen atoms in total. The number of alkyl halides is 3. The molecular weight excluding hydrogens is 355 g/mol. The van der Waals surface area contributed by atoms with Crippen LogP contribution >= 0.6 is 15.9 Å². The number of amides is 1. The van der Waals surface area contributed by atoms with E-state index in [1.807, 2.05) is 0 Å². The number of carbonyl (C=O) groups excluding carboxylic acids is 1. The van der Waals surface area contributed by atoms with Gasteiger partial charge in [-0.3, -0.25) is 9.59 Å². The van der Waals surface area contributed by atoms with E-state index in [-0.39, 0.29) is 24.0 Å². The third-order valence-electron chi connectivity index (χ3n) is 3.34. The molecular formula is C13H11BrF3NO3. The number of hydrogen-bond acceptors (Lipinski definition) is 2. The first-order chi connectivity index (χ1) is 9.70. The van der Waals surface area contributed by atoms with E-state index in [0.29, 0.717) is 0 Å². The van der Waals surface area contributed by atoms with Gasteiger partial charge in [0.15, 0.2) is 0 Å². The summed E-state index contributed by atoms with van der Waals surface area (Å²) in [5.41, 5.74) is -1.49. The molecule has 0 spiro atoms. The van der Waals surface area contributed by atoms with Gasteiger partial charge in [-0.15, -0.1) is 0 Å². The molecule has 1 atom stereocenters. The van der Waals surface area contributed by atoms with Crippen LogP contribution in [0, 0.1) is 5.92 Å². The van der Waals surface area contributed by atoms with Crippen molar-refractivity contribution in [1.82, 2.24) is 4.90 Å². The van der Waals surface area contributed by atoms with Crippen molar-refractivity contribution >= 4 is 27.8 Å². The molecule has 1 fully saturated rings. The maximum absolute atomic E-state index is 13.0. The van der Waals surface area contributed by atoms with Gasteiger partial charge in [0.1, 0.15) is 0 Å². The van der Waals surface area contributed by atoms with Gasteiger partial charge in [-0.05, 0) is 24.6 Å². The summed E-state index contributed by atoms with van der Waals surface area (Å²) in [6.45, 7) is 0.0741. The van der Waals surface area contributed by atoms with Crippen LogP contribution in [-0.2, 0) is 11.0 Å². The van der Waals surface area contributed by atoms with Crippen molar-refractivity contribution in [2.45, 2.75) is 12.6 Å². The fourth-order valence-corrected chi connectivity index (χ4v) is 2.62. The van der Waals surface area contributed by atoms with Crippen LogP contribution in [0.5, 0.6) is 0 Å². The van der Waals surface area contributed by atoms with Gasteiger partial charge >= 0.3 is 12.1 Å². The Bertz CT molecular complexity index is 589. The van der Waals surface area contributed by atoms with Crippen LogP contribution in [0.4, 0.5) is 13.2 Å². The topological polar surface area (TPSA) is 57.6 Å². The minimum absolute atomic E-state index is 0.0679. The zero-order valence-electron chi connectivity index (χ0n) is 10.7. The number of rotatable bonds is 2. The maximum atomic E-state index is 13.0. The summed E-state index contributed by atoms with van der Waals surface area (Å²) in [7, 11) is 0. The third kappa shape index (κ3) is 3.37. The van der Waals surface area contributed by atoms with Crippen LogP contribution in [0.15, 0.2) is 22.7 Å². The molecule has 1 aliphatic heterocycles. The molecule has 1 amide bonds. The van der Waals surface area contributed by atoms with Crippen LogP contribution in [0.2, 0.25) is 0 Å². The van der Waals surface area contributed by atoms with Crippen molar-refractivity contribution in [2.75, 3.05) is 13.1 Å². The molecule has 21 heavy (non-hydrogen) atoms. The van der Waals surface area contributed by atoms with E-state index in [4.69, 9.17) is 5.11 Å². The van der Waals surface area contributed by atoms with E-state index in [9.17, 15) is 22.8 Å². The highest BCUT2D eigenvalue weighted by molar-refractivity contribution is 9.10. The second-order valence-electron chi connectivity index (χ2n) is 4.76. The Kier molecular flexibility index (Phi) is 4.27. The minimum Gasteiger partial charge on any atom is -0.481 e. The van der Waals surface area contributed by atoms with E-state index in [0.717, 1.165) is 17.0 Å². The van der Waals surface area contributed by atoms with Gasteiger partial charge in [0.05, 0.1) is 17.0 Å². The predicted molar refractivity (Wildman–Crippen MR) is 70.8 cm³/mol. The molecule has 114 valence electrons.